The second kappa shape index (κ2) is 4.27. The lowest BCUT2D eigenvalue weighted by atomic mass is 10.1. The van der Waals surface area contributed by atoms with Crippen molar-refractivity contribution < 1.29 is 9.63 Å². The average Bonchev–Trinajstić information content (AvgIpc) is 2.96. The Labute approximate surface area is 98.5 Å². The van der Waals surface area contributed by atoms with E-state index >= 15 is 0 Å². The Balaban J connectivity index is 1.92. The molecule has 1 aliphatic rings. The molecule has 0 saturated heterocycles. The molecule has 0 saturated carbocycles. The number of fused-ring (bicyclic) bond motifs is 1. The van der Waals surface area contributed by atoms with Gasteiger partial charge in [0.1, 0.15) is 0 Å². The van der Waals surface area contributed by atoms with E-state index in [-0.39, 0.29) is 6.61 Å². The molecule has 1 aromatic heterocycles. The lowest BCUT2D eigenvalue weighted by molar-refractivity contribution is 0.293. The Kier molecular flexibility index (Phi) is 2.62. The summed E-state index contributed by atoms with van der Waals surface area (Å²) in [4.78, 5) is 4.24. The zero-order chi connectivity index (χ0) is 11.7. The van der Waals surface area contributed by atoms with Crippen molar-refractivity contribution in [2.75, 3.05) is 6.61 Å². The highest BCUT2D eigenvalue weighted by molar-refractivity contribution is 5.56. The third-order valence-corrected chi connectivity index (χ3v) is 2.89. The Morgan fingerprint density at radius 3 is 3.06 bits per heavy atom. The monoisotopic (exact) mass is 231 g/mol. The van der Waals surface area contributed by atoms with E-state index in [1.807, 2.05) is 6.07 Å². The number of hydrogen-bond acceptors (Lipinski definition) is 5. The molecule has 88 valence electrons. The van der Waals surface area contributed by atoms with Gasteiger partial charge in [0.2, 0.25) is 0 Å². The molecule has 0 amide bonds. The Morgan fingerprint density at radius 2 is 2.18 bits per heavy atom. The molecule has 0 spiro atoms. The standard InChI is InChI=1S/C12H13N3O2/c16-4-3-11-14-12(17-15-11)8-1-2-9-6-13-7-10(9)5-8/h1-2,5,13,16H,3-4,6-7H2. The quantitative estimate of drug-likeness (QED) is 0.820. The van der Waals surface area contributed by atoms with Crippen LogP contribution in [0.4, 0.5) is 0 Å². The van der Waals surface area contributed by atoms with Gasteiger partial charge in [-0.05, 0) is 23.3 Å². The summed E-state index contributed by atoms with van der Waals surface area (Å²) in [5.74, 6) is 1.06. The summed E-state index contributed by atoms with van der Waals surface area (Å²) < 4.78 is 5.17. The van der Waals surface area contributed by atoms with Gasteiger partial charge in [-0.15, -0.1) is 0 Å². The van der Waals surface area contributed by atoms with Gasteiger partial charge in [-0.1, -0.05) is 11.2 Å². The van der Waals surface area contributed by atoms with Crippen LogP contribution in [0.1, 0.15) is 17.0 Å². The van der Waals surface area contributed by atoms with Crippen molar-refractivity contribution in [2.45, 2.75) is 19.5 Å². The number of rotatable bonds is 3. The summed E-state index contributed by atoms with van der Waals surface area (Å²) in [5, 5.41) is 15.9. The van der Waals surface area contributed by atoms with Crippen LogP contribution in [0.5, 0.6) is 0 Å². The molecule has 0 bridgehead atoms. The summed E-state index contributed by atoms with van der Waals surface area (Å²) in [6.45, 7) is 1.85. The van der Waals surface area contributed by atoms with E-state index in [9.17, 15) is 0 Å². The topological polar surface area (TPSA) is 71.2 Å². The van der Waals surface area contributed by atoms with Gasteiger partial charge in [-0.2, -0.15) is 4.98 Å². The lowest BCUT2D eigenvalue weighted by Gasteiger charge is -1.99. The maximum atomic E-state index is 8.80. The number of aromatic nitrogens is 2. The van der Waals surface area contributed by atoms with E-state index in [2.05, 4.69) is 27.6 Å². The van der Waals surface area contributed by atoms with Gasteiger partial charge < -0.3 is 14.9 Å². The number of nitrogens with one attached hydrogen (secondary N) is 1. The van der Waals surface area contributed by atoms with Crippen molar-refractivity contribution in [3.05, 3.63) is 35.2 Å². The van der Waals surface area contributed by atoms with Gasteiger partial charge >= 0.3 is 0 Å². The first-order valence-corrected chi connectivity index (χ1v) is 5.63. The van der Waals surface area contributed by atoms with Crippen LogP contribution in [0.25, 0.3) is 11.5 Å². The number of nitrogens with zero attached hydrogens (tertiary/aromatic N) is 2. The fourth-order valence-corrected chi connectivity index (χ4v) is 2.00. The highest BCUT2D eigenvalue weighted by Gasteiger charge is 2.14. The molecule has 5 nitrogen and oxygen atoms in total. The van der Waals surface area contributed by atoms with Crippen molar-refractivity contribution in [3.63, 3.8) is 0 Å². The van der Waals surface area contributed by atoms with Crippen LogP contribution >= 0.6 is 0 Å². The Morgan fingerprint density at radius 1 is 1.29 bits per heavy atom. The number of hydrogen-bond donors (Lipinski definition) is 2. The molecule has 2 heterocycles. The summed E-state index contributed by atoms with van der Waals surface area (Å²) in [5.41, 5.74) is 3.54. The molecule has 3 rings (SSSR count). The van der Waals surface area contributed by atoms with E-state index in [1.54, 1.807) is 0 Å². The highest BCUT2D eigenvalue weighted by Crippen LogP contribution is 2.23. The summed E-state index contributed by atoms with van der Waals surface area (Å²) in [7, 11) is 0. The summed E-state index contributed by atoms with van der Waals surface area (Å²) in [6, 6.07) is 6.15. The van der Waals surface area contributed by atoms with Crippen molar-refractivity contribution in [1.29, 1.82) is 0 Å². The minimum atomic E-state index is 0.0348. The van der Waals surface area contributed by atoms with Gasteiger partial charge in [0.15, 0.2) is 5.82 Å². The minimum absolute atomic E-state index is 0.0348. The predicted octanol–water partition coefficient (Wildman–Crippen LogP) is 0.875. The molecular weight excluding hydrogens is 218 g/mol. The molecular formula is C12H13N3O2. The van der Waals surface area contributed by atoms with Gasteiger partial charge in [0.25, 0.3) is 5.89 Å². The van der Waals surface area contributed by atoms with E-state index in [1.165, 1.54) is 11.1 Å². The average molecular weight is 231 g/mol. The Bertz CT molecular complexity index is 536. The molecule has 2 N–H and O–H groups in total. The fourth-order valence-electron chi connectivity index (χ4n) is 2.00. The smallest absolute Gasteiger partial charge is 0.257 e. The molecule has 1 aliphatic heterocycles. The van der Waals surface area contributed by atoms with E-state index < -0.39 is 0 Å². The number of aliphatic hydroxyl groups is 1. The number of aliphatic hydroxyl groups excluding tert-OH is 1. The zero-order valence-corrected chi connectivity index (χ0v) is 9.31. The van der Waals surface area contributed by atoms with Crippen molar-refractivity contribution >= 4 is 0 Å². The molecule has 0 fully saturated rings. The summed E-state index contributed by atoms with van der Waals surface area (Å²) >= 11 is 0. The maximum Gasteiger partial charge on any atom is 0.257 e. The van der Waals surface area contributed by atoms with E-state index in [0.29, 0.717) is 18.1 Å². The first kappa shape index (κ1) is 10.4. The predicted molar refractivity (Wildman–Crippen MR) is 61.1 cm³/mol. The molecule has 0 aliphatic carbocycles. The van der Waals surface area contributed by atoms with Crippen LogP contribution < -0.4 is 5.32 Å². The van der Waals surface area contributed by atoms with Crippen LogP contribution in [-0.2, 0) is 19.5 Å². The lowest BCUT2D eigenvalue weighted by Crippen LogP contribution is -1.99. The van der Waals surface area contributed by atoms with Crippen LogP contribution in [0.3, 0.4) is 0 Å². The van der Waals surface area contributed by atoms with Crippen LogP contribution in [-0.4, -0.2) is 21.9 Å². The molecule has 0 unspecified atom stereocenters. The van der Waals surface area contributed by atoms with Crippen molar-refractivity contribution in [2.24, 2.45) is 0 Å². The van der Waals surface area contributed by atoms with Crippen LogP contribution in [0.15, 0.2) is 22.7 Å². The maximum absolute atomic E-state index is 8.80. The van der Waals surface area contributed by atoms with Gasteiger partial charge in [-0.25, -0.2) is 0 Å². The van der Waals surface area contributed by atoms with Crippen molar-refractivity contribution in [1.82, 2.24) is 15.5 Å². The molecule has 17 heavy (non-hydrogen) atoms. The first-order valence-electron chi connectivity index (χ1n) is 5.63. The normalized spacial score (nSPS) is 13.9. The SMILES string of the molecule is OCCc1noc(-c2ccc3c(c2)CNC3)n1. The van der Waals surface area contributed by atoms with Crippen LogP contribution in [0.2, 0.25) is 0 Å². The molecule has 0 radical (unpaired) electrons. The number of benzene rings is 1. The zero-order valence-electron chi connectivity index (χ0n) is 9.31. The second-order valence-electron chi connectivity index (χ2n) is 4.08. The molecule has 0 atom stereocenters. The third kappa shape index (κ3) is 1.94. The van der Waals surface area contributed by atoms with Gasteiger partial charge in [0.05, 0.1) is 6.61 Å². The largest absolute Gasteiger partial charge is 0.396 e. The van der Waals surface area contributed by atoms with Crippen LogP contribution in [0, 0.1) is 0 Å². The van der Waals surface area contributed by atoms with Crippen molar-refractivity contribution in [3.8, 4) is 11.5 Å². The van der Waals surface area contributed by atoms with E-state index in [4.69, 9.17) is 9.63 Å². The summed E-state index contributed by atoms with van der Waals surface area (Å²) in [6.07, 6.45) is 0.427. The first-order chi connectivity index (χ1) is 8.36. The van der Waals surface area contributed by atoms with Gasteiger partial charge in [-0.3, -0.25) is 0 Å². The van der Waals surface area contributed by atoms with E-state index in [0.717, 1.165) is 18.7 Å². The molecule has 1 aromatic carbocycles. The molecule has 2 aromatic rings. The highest BCUT2D eigenvalue weighted by atomic mass is 16.5. The third-order valence-electron chi connectivity index (χ3n) is 2.89. The minimum Gasteiger partial charge on any atom is -0.396 e. The molecule has 5 heteroatoms. The second-order valence-corrected chi connectivity index (χ2v) is 4.08. The Hall–Kier alpha value is -1.72. The fraction of sp³-hybridized carbons (Fsp3) is 0.333. The van der Waals surface area contributed by atoms with Gasteiger partial charge in [0, 0.05) is 25.1 Å².